The summed E-state index contributed by atoms with van der Waals surface area (Å²) in [7, 11) is 1.55. The molecule has 1 atom stereocenters. The number of allylic oxidation sites excluding steroid dienone is 1. The Bertz CT molecular complexity index is 1820. The third-order valence-corrected chi connectivity index (χ3v) is 10.8. The lowest BCUT2D eigenvalue weighted by Gasteiger charge is -2.55. The third kappa shape index (κ3) is 4.91. The second-order valence-corrected chi connectivity index (χ2v) is 13.7. The van der Waals surface area contributed by atoms with E-state index in [4.69, 9.17) is 14.2 Å². The molecule has 0 spiro atoms. The lowest BCUT2D eigenvalue weighted by atomic mass is 9.49. The van der Waals surface area contributed by atoms with Crippen LogP contribution in [0.5, 0.6) is 11.5 Å². The normalized spacial score (nSPS) is 27.1. The number of fused-ring (bicyclic) bond motifs is 1. The summed E-state index contributed by atoms with van der Waals surface area (Å²) in [6, 6.07) is 14.1. The van der Waals surface area contributed by atoms with Crippen molar-refractivity contribution in [2.24, 2.45) is 28.2 Å². The van der Waals surface area contributed by atoms with Gasteiger partial charge in [-0.2, -0.15) is 0 Å². The van der Waals surface area contributed by atoms with Crippen LogP contribution >= 0.6 is 11.3 Å². The molecule has 9 heteroatoms. The Hall–Kier alpha value is -3.98. The van der Waals surface area contributed by atoms with Crippen LogP contribution in [0.4, 0.5) is 0 Å². The van der Waals surface area contributed by atoms with Gasteiger partial charge in [0.15, 0.2) is 16.3 Å². The van der Waals surface area contributed by atoms with Crippen LogP contribution in [0.15, 0.2) is 69.6 Å². The minimum Gasteiger partial charge on any atom is -0.493 e. The summed E-state index contributed by atoms with van der Waals surface area (Å²) in [4.78, 5) is 45.7. The maximum atomic E-state index is 13.9. The van der Waals surface area contributed by atoms with Crippen molar-refractivity contribution >= 4 is 29.4 Å². The van der Waals surface area contributed by atoms with E-state index in [1.165, 1.54) is 30.6 Å². The highest BCUT2D eigenvalue weighted by atomic mass is 32.1. The minimum absolute atomic E-state index is 0.135. The average molecular weight is 613 g/mol. The fourth-order valence-electron chi connectivity index (χ4n) is 8.32. The van der Waals surface area contributed by atoms with Gasteiger partial charge in [0.25, 0.3) is 5.56 Å². The maximum absolute atomic E-state index is 13.9. The standard InChI is InChI=1S/C35H36N2O6S/c1-4-42-32(39)29-20(2)36-34-37(30(29)25-8-6-5-7-9-25)31(38)28(44-34)16-21-10-11-26(27(15-21)41-3)43-33(40)35-17-22-12-23(18-35)14-24(13-22)19-35/h5-11,15-16,22-24,30H,4,12-14,17-19H2,1-3H3/b28-16-. The first-order chi connectivity index (χ1) is 21.3. The molecule has 8 nitrogen and oxygen atoms in total. The molecule has 1 aliphatic heterocycles. The van der Waals surface area contributed by atoms with Crippen LogP contribution in [0.3, 0.4) is 0 Å². The van der Waals surface area contributed by atoms with E-state index in [0.29, 0.717) is 49.9 Å². The van der Waals surface area contributed by atoms with E-state index in [1.807, 2.05) is 36.4 Å². The predicted molar refractivity (Wildman–Crippen MR) is 166 cm³/mol. The quantitative estimate of drug-likeness (QED) is 0.278. The molecule has 4 fully saturated rings. The molecule has 4 saturated carbocycles. The molecule has 4 aliphatic carbocycles. The Labute approximate surface area is 259 Å². The van der Waals surface area contributed by atoms with Gasteiger partial charge in [0.1, 0.15) is 0 Å². The number of esters is 2. The Balaban J connectivity index is 1.22. The van der Waals surface area contributed by atoms with Crippen LogP contribution in [0.2, 0.25) is 0 Å². The summed E-state index contributed by atoms with van der Waals surface area (Å²) in [5.41, 5.74) is 1.76. The number of ether oxygens (including phenoxy) is 3. The Morgan fingerprint density at radius 1 is 1.02 bits per heavy atom. The van der Waals surface area contributed by atoms with Crippen LogP contribution in [-0.2, 0) is 14.3 Å². The molecular weight excluding hydrogens is 576 g/mol. The van der Waals surface area contributed by atoms with E-state index in [1.54, 1.807) is 43.7 Å². The second-order valence-electron chi connectivity index (χ2n) is 12.7. The molecular formula is C35H36N2O6S. The highest BCUT2D eigenvalue weighted by molar-refractivity contribution is 7.07. The van der Waals surface area contributed by atoms with Crippen molar-refractivity contribution < 1.29 is 23.8 Å². The maximum Gasteiger partial charge on any atom is 0.338 e. The largest absolute Gasteiger partial charge is 0.493 e. The van der Waals surface area contributed by atoms with Crippen molar-refractivity contribution in [2.45, 2.75) is 58.4 Å². The van der Waals surface area contributed by atoms with E-state index < -0.39 is 12.0 Å². The number of benzene rings is 2. The summed E-state index contributed by atoms with van der Waals surface area (Å²) in [5.74, 6) is 2.14. The fraction of sp³-hybridized carbons (Fsp3) is 0.429. The van der Waals surface area contributed by atoms with Crippen molar-refractivity contribution in [2.75, 3.05) is 13.7 Å². The number of methoxy groups -OCH3 is 1. The van der Waals surface area contributed by atoms with E-state index in [2.05, 4.69) is 4.99 Å². The van der Waals surface area contributed by atoms with Crippen molar-refractivity contribution in [3.63, 3.8) is 0 Å². The van der Waals surface area contributed by atoms with Gasteiger partial charge in [0.2, 0.25) is 0 Å². The molecule has 1 unspecified atom stereocenters. The monoisotopic (exact) mass is 612 g/mol. The number of hydrogen-bond donors (Lipinski definition) is 0. The molecule has 5 aliphatic rings. The van der Waals surface area contributed by atoms with Crippen molar-refractivity contribution in [1.82, 2.24) is 4.57 Å². The van der Waals surface area contributed by atoms with Gasteiger partial charge in [0, 0.05) is 0 Å². The van der Waals surface area contributed by atoms with Crippen molar-refractivity contribution in [1.29, 1.82) is 0 Å². The molecule has 1 aromatic heterocycles. The zero-order valence-corrected chi connectivity index (χ0v) is 26.0. The van der Waals surface area contributed by atoms with Gasteiger partial charge in [-0.05, 0) is 99.5 Å². The van der Waals surface area contributed by atoms with Gasteiger partial charge in [-0.3, -0.25) is 14.2 Å². The van der Waals surface area contributed by atoms with Crippen molar-refractivity contribution in [3.8, 4) is 11.5 Å². The number of carbonyl (C=O) groups excluding carboxylic acids is 2. The van der Waals surface area contributed by atoms with Crippen LogP contribution < -0.4 is 24.4 Å². The van der Waals surface area contributed by atoms with Gasteiger partial charge in [-0.1, -0.05) is 47.7 Å². The molecule has 0 amide bonds. The third-order valence-electron chi connectivity index (χ3n) is 9.79. The van der Waals surface area contributed by atoms with Gasteiger partial charge >= 0.3 is 11.9 Å². The van der Waals surface area contributed by atoms with Gasteiger partial charge in [0.05, 0.1) is 41.0 Å². The zero-order valence-electron chi connectivity index (χ0n) is 25.2. The first kappa shape index (κ1) is 28.8. The van der Waals surface area contributed by atoms with Crippen LogP contribution in [0, 0.1) is 23.2 Å². The van der Waals surface area contributed by atoms with Gasteiger partial charge in [-0.15, -0.1) is 0 Å². The van der Waals surface area contributed by atoms with Gasteiger partial charge in [-0.25, -0.2) is 9.79 Å². The summed E-state index contributed by atoms with van der Waals surface area (Å²) in [5, 5.41) is 0. The Morgan fingerprint density at radius 2 is 1.70 bits per heavy atom. The molecule has 228 valence electrons. The van der Waals surface area contributed by atoms with E-state index in [-0.39, 0.29) is 23.6 Å². The molecule has 0 saturated heterocycles. The topological polar surface area (TPSA) is 96.2 Å². The molecule has 0 radical (unpaired) electrons. The lowest BCUT2D eigenvalue weighted by Crippen LogP contribution is -2.51. The number of hydrogen-bond acceptors (Lipinski definition) is 8. The zero-order chi connectivity index (χ0) is 30.6. The van der Waals surface area contributed by atoms with Crippen molar-refractivity contribution in [3.05, 3.63) is 90.6 Å². The molecule has 8 rings (SSSR count). The molecule has 3 aromatic rings. The first-order valence-electron chi connectivity index (χ1n) is 15.4. The number of rotatable bonds is 7. The van der Waals surface area contributed by atoms with E-state index in [9.17, 15) is 14.4 Å². The minimum atomic E-state index is -0.658. The summed E-state index contributed by atoms with van der Waals surface area (Å²) >= 11 is 1.26. The van der Waals surface area contributed by atoms with Crippen LogP contribution in [-0.4, -0.2) is 30.2 Å². The second kappa shape index (κ2) is 11.2. The van der Waals surface area contributed by atoms with Crippen LogP contribution in [0.25, 0.3) is 6.08 Å². The average Bonchev–Trinajstić information content (AvgIpc) is 3.30. The molecule has 2 heterocycles. The highest BCUT2D eigenvalue weighted by Gasteiger charge is 2.55. The fourth-order valence-corrected chi connectivity index (χ4v) is 9.37. The number of nitrogens with zero attached hydrogens (tertiary/aromatic N) is 2. The SMILES string of the molecule is CCOC(=O)C1=C(C)N=c2s/c(=C\c3ccc(OC(=O)C45CC6CC(CC(C6)C4)C5)c(OC)c3)c(=O)n2C1c1ccccc1. The number of aromatic nitrogens is 1. The molecule has 2 aromatic carbocycles. The first-order valence-corrected chi connectivity index (χ1v) is 16.2. The number of carbonyl (C=O) groups is 2. The Kier molecular flexibility index (Phi) is 7.31. The smallest absolute Gasteiger partial charge is 0.338 e. The molecule has 0 N–H and O–H groups in total. The lowest BCUT2D eigenvalue weighted by molar-refractivity contribution is -0.161. The molecule has 4 bridgehead atoms. The molecule has 44 heavy (non-hydrogen) atoms. The summed E-state index contributed by atoms with van der Waals surface area (Å²) in [6.07, 6.45) is 8.34. The van der Waals surface area contributed by atoms with Gasteiger partial charge < -0.3 is 14.2 Å². The Morgan fingerprint density at radius 3 is 2.34 bits per heavy atom. The highest BCUT2D eigenvalue weighted by Crippen LogP contribution is 2.60. The van der Waals surface area contributed by atoms with Crippen LogP contribution in [0.1, 0.15) is 69.5 Å². The van der Waals surface area contributed by atoms with E-state index in [0.717, 1.165) is 30.4 Å². The number of thiazole rings is 1. The van der Waals surface area contributed by atoms with E-state index >= 15 is 0 Å². The summed E-state index contributed by atoms with van der Waals surface area (Å²) in [6.45, 7) is 3.75. The predicted octanol–water partition coefficient (Wildman–Crippen LogP) is 4.93. The summed E-state index contributed by atoms with van der Waals surface area (Å²) < 4.78 is 19.1.